The first kappa shape index (κ1) is 12.8. The monoisotopic (exact) mass is 206 g/mol. The number of alkyl halides is 1. The number of hydrogen-bond acceptors (Lipinski definition) is 2. The standard InChI is InChI=1S/C10H19ClO2/c1-9(2,3)8(12)13-7-6-10(4,5)11/h6-7H2,1-5H3. The summed E-state index contributed by atoms with van der Waals surface area (Å²) in [7, 11) is 0. The van der Waals surface area contributed by atoms with E-state index in [9.17, 15) is 4.79 Å². The predicted molar refractivity (Wildman–Crippen MR) is 55.0 cm³/mol. The highest BCUT2D eigenvalue weighted by Crippen LogP contribution is 2.19. The molecule has 0 aliphatic rings. The second-order valence-electron chi connectivity index (χ2n) is 4.85. The highest BCUT2D eigenvalue weighted by atomic mass is 35.5. The summed E-state index contributed by atoms with van der Waals surface area (Å²) in [6.45, 7) is 9.70. The van der Waals surface area contributed by atoms with Crippen LogP contribution < -0.4 is 0 Å². The van der Waals surface area contributed by atoms with Crippen molar-refractivity contribution in [2.75, 3.05) is 6.61 Å². The fourth-order valence-electron chi connectivity index (χ4n) is 0.603. The van der Waals surface area contributed by atoms with Crippen LogP contribution in [-0.2, 0) is 9.53 Å². The summed E-state index contributed by atoms with van der Waals surface area (Å²) in [5.41, 5.74) is -0.420. The van der Waals surface area contributed by atoms with Crippen molar-refractivity contribution in [3.05, 3.63) is 0 Å². The first-order valence-electron chi connectivity index (χ1n) is 4.49. The molecule has 78 valence electrons. The van der Waals surface area contributed by atoms with E-state index in [0.29, 0.717) is 13.0 Å². The molecule has 0 bridgehead atoms. The number of halogens is 1. The zero-order chi connectivity index (χ0) is 10.7. The van der Waals surface area contributed by atoms with Crippen LogP contribution in [0.3, 0.4) is 0 Å². The molecule has 0 saturated carbocycles. The lowest BCUT2D eigenvalue weighted by Crippen LogP contribution is -2.25. The minimum atomic E-state index is -0.420. The number of carbonyl (C=O) groups is 1. The van der Waals surface area contributed by atoms with Crippen LogP contribution in [0.4, 0.5) is 0 Å². The van der Waals surface area contributed by atoms with Gasteiger partial charge in [-0.3, -0.25) is 4.79 Å². The van der Waals surface area contributed by atoms with Crippen LogP contribution in [0, 0.1) is 5.41 Å². The smallest absolute Gasteiger partial charge is 0.311 e. The zero-order valence-electron chi connectivity index (χ0n) is 9.11. The van der Waals surface area contributed by atoms with Crippen LogP contribution in [0.25, 0.3) is 0 Å². The lowest BCUT2D eigenvalue weighted by molar-refractivity contribution is -0.153. The van der Waals surface area contributed by atoms with Gasteiger partial charge >= 0.3 is 5.97 Å². The average molecular weight is 207 g/mol. The normalized spacial score (nSPS) is 12.8. The quantitative estimate of drug-likeness (QED) is 0.524. The van der Waals surface area contributed by atoms with Crippen molar-refractivity contribution in [2.24, 2.45) is 5.41 Å². The minimum absolute atomic E-state index is 0.173. The molecule has 2 nitrogen and oxygen atoms in total. The summed E-state index contributed by atoms with van der Waals surface area (Å²) >= 11 is 5.94. The Morgan fingerprint density at radius 2 is 1.69 bits per heavy atom. The topological polar surface area (TPSA) is 26.3 Å². The van der Waals surface area contributed by atoms with Gasteiger partial charge in [0.25, 0.3) is 0 Å². The summed E-state index contributed by atoms with van der Waals surface area (Å²) in [5, 5.41) is 0. The molecule has 0 aliphatic carbocycles. The molecule has 0 saturated heterocycles. The van der Waals surface area contributed by atoms with Crippen molar-refractivity contribution in [1.82, 2.24) is 0 Å². The molecule has 0 aromatic carbocycles. The van der Waals surface area contributed by atoms with Crippen LogP contribution >= 0.6 is 11.6 Å². The molecular weight excluding hydrogens is 188 g/mol. The summed E-state index contributed by atoms with van der Waals surface area (Å²) < 4.78 is 5.06. The number of rotatable bonds is 3. The maximum absolute atomic E-state index is 11.3. The Hall–Kier alpha value is -0.240. The van der Waals surface area contributed by atoms with Gasteiger partial charge < -0.3 is 4.74 Å². The third-order valence-corrected chi connectivity index (χ3v) is 1.73. The molecule has 0 spiro atoms. The molecule has 0 aliphatic heterocycles. The van der Waals surface area contributed by atoms with Crippen molar-refractivity contribution >= 4 is 17.6 Å². The predicted octanol–water partition coefficient (Wildman–Crippen LogP) is 2.98. The maximum atomic E-state index is 11.3. The molecule has 0 aromatic heterocycles. The molecule has 0 N–H and O–H groups in total. The van der Waals surface area contributed by atoms with E-state index in [1.54, 1.807) is 0 Å². The van der Waals surface area contributed by atoms with E-state index < -0.39 is 5.41 Å². The molecule has 0 unspecified atom stereocenters. The summed E-state index contributed by atoms with van der Waals surface area (Å²) in [5.74, 6) is -0.173. The highest BCUT2D eigenvalue weighted by Gasteiger charge is 2.23. The lowest BCUT2D eigenvalue weighted by atomic mass is 9.97. The minimum Gasteiger partial charge on any atom is -0.465 e. The molecule has 0 radical (unpaired) electrons. The summed E-state index contributed by atoms with van der Waals surface area (Å²) in [6, 6.07) is 0. The SMILES string of the molecule is CC(C)(Cl)CCOC(=O)C(C)(C)C. The molecular formula is C10H19ClO2. The molecule has 0 aromatic rings. The van der Waals surface area contributed by atoms with Gasteiger partial charge in [0.2, 0.25) is 0 Å². The third kappa shape index (κ3) is 6.88. The van der Waals surface area contributed by atoms with Crippen LogP contribution in [0.1, 0.15) is 41.0 Å². The number of ether oxygens (including phenoxy) is 1. The Bertz CT molecular complexity index is 174. The molecule has 13 heavy (non-hydrogen) atoms. The van der Waals surface area contributed by atoms with E-state index in [1.807, 2.05) is 34.6 Å². The molecule has 3 heteroatoms. The van der Waals surface area contributed by atoms with E-state index in [2.05, 4.69) is 0 Å². The maximum Gasteiger partial charge on any atom is 0.311 e. The lowest BCUT2D eigenvalue weighted by Gasteiger charge is -2.19. The Morgan fingerprint density at radius 3 is 2.00 bits per heavy atom. The van der Waals surface area contributed by atoms with Gasteiger partial charge in [0.1, 0.15) is 0 Å². The largest absolute Gasteiger partial charge is 0.465 e. The first-order chi connectivity index (χ1) is 5.63. The van der Waals surface area contributed by atoms with Crippen molar-refractivity contribution < 1.29 is 9.53 Å². The van der Waals surface area contributed by atoms with Gasteiger partial charge in [-0.15, -0.1) is 11.6 Å². The van der Waals surface area contributed by atoms with Gasteiger partial charge in [0.05, 0.1) is 12.0 Å². The van der Waals surface area contributed by atoms with E-state index >= 15 is 0 Å². The van der Waals surface area contributed by atoms with Gasteiger partial charge in [-0.25, -0.2) is 0 Å². The van der Waals surface area contributed by atoms with E-state index in [4.69, 9.17) is 16.3 Å². The zero-order valence-corrected chi connectivity index (χ0v) is 9.86. The van der Waals surface area contributed by atoms with Gasteiger partial charge in [-0.05, 0) is 34.6 Å². The number of esters is 1. The Kier molecular flexibility index (Phi) is 4.24. The second kappa shape index (κ2) is 4.32. The fraction of sp³-hybridized carbons (Fsp3) is 0.900. The van der Waals surface area contributed by atoms with Gasteiger partial charge in [0, 0.05) is 11.3 Å². The molecule has 0 fully saturated rings. The summed E-state index contributed by atoms with van der Waals surface area (Å²) in [6.07, 6.45) is 0.677. The Morgan fingerprint density at radius 1 is 1.23 bits per heavy atom. The van der Waals surface area contributed by atoms with Crippen molar-refractivity contribution in [3.8, 4) is 0 Å². The fourth-order valence-corrected chi connectivity index (χ4v) is 0.680. The van der Waals surface area contributed by atoms with E-state index in [-0.39, 0.29) is 10.8 Å². The third-order valence-electron chi connectivity index (χ3n) is 1.54. The highest BCUT2D eigenvalue weighted by molar-refractivity contribution is 6.23. The number of carbonyl (C=O) groups excluding carboxylic acids is 1. The van der Waals surface area contributed by atoms with E-state index in [1.165, 1.54) is 0 Å². The van der Waals surface area contributed by atoms with Crippen molar-refractivity contribution in [2.45, 2.75) is 45.9 Å². The molecule has 0 amide bonds. The van der Waals surface area contributed by atoms with Crippen molar-refractivity contribution in [3.63, 3.8) is 0 Å². The molecule has 0 rings (SSSR count). The molecule has 0 heterocycles. The van der Waals surface area contributed by atoms with E-state index in [0.717, 1.165) is 0 Å². The average Bonchev–Trinajstić information content (AvgIpc) is 1.82. The van der Waals surface area contributed by atoms with Gasteiger partial charge in [-0.1, -0.05) is 0 Å². The Balaban J connectivity index is 3.74. The van der Waals surface area contributed by atoms with Crippen LogP contribution in [0.2, 0.25) is 0 Å². The molecule has 0 atom stereocenters. The van der Waals surface area contributed by atoms with Crippen molar-refractivity contribution in [1.29, 1.82) is 0 Å². The van der Waals surface area contributed by atoms with Gasteiger partial charge in [-0.2, -0.15) is 0 Å². The van der Waals surface area contributed by atoms with Crippen LogP contribution in [0.15, 0.2) is 0 Å². The Labute approximate surface area is 85.6 Å². The van der Waals surface area contributed by atoms with Gasteiger partial charge in [0.15, 0.2) is 0 Å². The summed E-state index contributed by atoms with van der Waals surface area (Å²) in [4.78, 5) is 11.0. The van der Waals surface area contributed by atoms with Crippen LogP contribution in [0.5, 0.6) is 0 Å². The first-order valence-corrected chi connectivity index (χ1v) is 4.87. The number of hydrogen-bond donors (Lipinski definition) is 0. The van der Waals surface area contributed by atoms with Crippen LogP contribution in [-0.4, -0.2) is 17.5 Å². The second-order valence-corrected chi connectivity index (χ2v) is 5.88.